The van der Waals surface area contributed by atoms with Crippen LogP contribution in [0.25, 0.3) is 0 Å². The van der Waals surface area contributed by atoms with E-state index < -0.39 is 0 Å². The first kappa shape index (κ1) is 16.1. The predicted molar refractivity (Wildman–Crippen MR) is 91.5 cm³/mol. The fraction of sp³-hybridized carbons (Fsp3) is 0.833. The standard InChI is InChI=1S/C18H29N5O/c1-21-9-4-7-15(21)18-20-19-16-8-10-22(11-12-23(16)18)17(24)13-14-5-2-3-6-14/h14-15H,2-13H2,1H3/t15-/m1/s1. The molecule has 6 heteroatoms. The molecule has 0 bridgehead atoms. The Labute approximate surface area is 144 Å². The van der Waals surface area contributed by atoms with E-state index in [4.69, 9.17) is 0 Å². The number of carbonyl (C=O) groups is 1. The Morgan fingerprint density at radius 1 is 1.04 bits per heavy atom. The van der Waals surface area contributed by atoms with Gasteiger partial charge in [-0.15, -0.1) is 10.2 Å². The molecular formula is C18H29N5O. The smallest absolute Gasteiger partial charge is 0.222 e. The monoisotopic (exact) mass is 331 g/mol. The largest absolute Gasteiger partial charge is 0.340 e. The molecule has 24 heavy (non-hydrogen) atoms. The number of nitrogens with zero attached hydrogens (tertiary/aromatic N) is 5. The van der Waals surface area contributed by atoms with E-state index in [1.807, 2.05) is 0 Å². The van der Waals surface area contributed by atoms with E-state index in [0.29, 0.717) is 17.9 Å². The quantitative estimate of drug-likeness (QED) is 0.850. The summed E-state index contributed by atoms with van der Waals surface area (Å²) in [6.07, 6.45) is 9.06. The van der Waals surface area contributed by atoms with Gasteiger partial charge in [0.2, 0.25) is 5.91 Å². The summed E-state index contributed by atoms with van der Waals surface area (Å²) < 4.78 is 2.29. The second-order valence-corrected chi connectivity index (χ2v) is 7.75. The van der Waals surface area contributed by atoms with Gasteiger partial charge in [0.15, 0.2) is 0 Å². The molecule has 132 valence electrons. The molecule has 1 saturated carbocycles. The van der Waals surface area contributed by atoms with Crippen LogP contribution in [0.1, 0.15) is 62.6 Å². The van der Waals surface area contributed by atoms with Crippen molar-refractivity contribution in [2.45, 2.75) is 64.0 Å². The third kappa shape index (κ3) is 3.08. The molecule has 1 saturated heterocycles. The van der Waals surface area contributed by atoms with Crippen LogP contribution in [0.4, 0.5) is 0 Å². The minimum Gasteiger partial charge on any atom is -0.340 e. The summed E-state index contributed by atoms with van der Waals surface area (Å²) >= 11 is 0. The number of amides is 1. The molecule has 1 aliphatic carbocycles. The number of fused-ring (bicyclic) bond motifs is 1. The second kappa shape index (κ2) is 6.82. The van der Waals surface area contributed by atoms with Gasteiger partial charge in [-0.3, -0.25) is 9.69 Å². The van der Waals surface area contributed by atoms with Gasteiger partial charge in [-0.05, 0) is 45.2 Å². The highest BCUT2D eigenvalue weighted by molar-refractivity contribution is 5.76. The normalized spacial score (nSPS) is 25.9. The maximum absolute atomic E-state index is 12.6. The second-order valence-electron chi connectivity index (χ2n) is 7.75. The molecular weight excluding hydrogens is 302 g/mol. The summed E-state index contributed by atoms with van der Waals surface area (Å²) in [7, 11) is 2.17. The van der Waals surface area contributed by atoms with E-state index in [0.717, 1.165) is 50.7 Å². The molecule has 3 heterocycles. The summed E-state index contributed by atoms with van der Waals surface area (Å²) in [5, 5.41) is 8.93. The first-order valence-electron chi connectivity index (χ1n) is 9.62. The molecule has 4 rings (SSSR count). The van der Waals surface area contributed by atoms with E-state index in [1.165, 1.54) is 38.5 Å². The number of hydrogen-bond acceptors (Lipinski definition) is 4. The zero-order valence-corrected chi connectivity index (χ0v) is 14.8. The van der Waals surface area contributed by atoms with Crippen LogP contribution in [-0.2, 0) is 17.8 Å². The van der Waals surface area contributed by atoms with Gasteiger partial charge in [-0.25, -0.2) is 0 Å². The van der Waals surface area contributed by atoms with Crippen molar-refractivity contribution in [3.63, 3.8) is 0 Å². The van der Waals surface area contributed by atoms with Crippen LogP contribution in [-0.4, -0.2) is 57.2 Å². The molecule has 0 radical (unpaired) electrons. The minimum absolute atomic E-state index is 0.347. The molecule has 1 aromatic rings. The molecule has 2 aliphatic heterocycles. The average Bonchev–Trinajstić information content (AvgIpc) is 3.27. The van der Waals surface area contributed by atoms with Crippen LogP contribution < -0.4 is 0 Å². The molecule has 0 aromatic carbocycles. The maximum Gasteiger partial charge on any atom is 0.222 e. The minimum atomic E-state index is 0.347. The van der Waals surface area contributed by atoms with Crippen LogP contribution in [0.15, 0.2) is 0 Å². The Bertz CT molecular complexity index is 592. The Hall–Kier alpha value is -1.43. The van der Waals surface area contributed by atoms with Crippen molar-refractivity contribution < 1.29 is 4.79 Å². The molecule has 1 amide bonds. The molecule has 0 spiro atoms. The number of aromatic nitrogens is 3. The van der Waals surface area contributed by atoms with Crippen LogP contribution in [0.2, 0.25) is 0 Å². The number of hydrogen-bond donors (Lipinski definition) is 0. The maximum atomic E-state index is 12.6. The predicted octanol–water partition coefficient (Wildman–Crippen LogP) is 2.01. The van der Waals surface area contributed by atoms with Gasteiger partial charge in [0.25, 0.3) is 0 Å². The molecule has 6 nitrogen and oxygen atoms in total. The lowest BCUT2D eigenvalue weighted by atomic mass is 10.0. The van der Waals surface area contributed by atoms with E-state index >= 15 is 0 Å². The van der Waals surface area contributed by atoms with Gasteiger partial charge in [-0.2, -0.15) is 0 Å². The number of rotatable bonds is 3. The van der Waals surface area contributed by atoms with E-state index in [2.05, 4.69) is 31.6 Å². The Kier molecular flexibility index (Phi) is 4.57. The van der Waals surface area contributed by atoms with Crippen molar-refractivity contribution in [1.29, 1.82) is 0 Å². The van der Waals surface area contributed by atoms with Crippen LogP contribution in [0, 0.1) is 5.92 Å². The van der Waals surface area contributed by atoms with Gasteiger partial charge < -0.3 is 9.47 Å². The highest BCUT2D eigenvalue weighted by atomic mass is 16.2. The first-order valence-corrected chi connectivity index (χ1v) is 9.62. The van der Waals surface area contributed by atoms with Gasteiger partial charge in [0.1, 0.15) is 11.6 Å². The van der Waals surface area contributed by atoms with Crippen molar-refractivity contribution in [3.8, 4) is 0 Å². The number of carbonyl (C=O) groups excluding carboxylic acids is 1. The first-order chi connectivity index (χ1) is 11.7. The molecule has 1 aromatic heterocycles. The summed E-state index contributed by atoms with van der Waals surface area (Å²) in [4.78, 5) is 17.1. The Morgan fingerprint density at radius 3 is 2.62 bits per heavy atom. The summed E-state index contributed by atoms with van der Waals surface area (Å²) in [5.74, 6) is 3.14. The third-order valence-electron chi connectivity index (χ3n) is 6.16. The van der Waals surface area contributed by atoms with Gasteiger partial charge in [-0.1, -0.05) is 12.8 Å². The molecule has 2 fully saturated rings. The van der Waals surface area contributed by atoms with Gasteiger partial charge in [0.05, 0.1) is 6.04 Å². The van der Waals surface area contributed by atoms with E-state index in [9.17, 15) is 4.79 Å². The van der Waals surface area contributed by atoms with Crippen molar-refractivity contribution in [3.05, 3.63) is 11.6 Å². The lowest BCUT2D eigenvalue weighted by Crippen LogP contribution is -2.34. The molecule has 3 aliphatic rings. The van der Waals surface area contributed by atoms with E-state index in [1.54, 1.807) is 0 Å². The van der Waals surface area contributed by atoms with Crippen molar-refractivity contribution in [1.82, 2.24) is 24.6 Å². The zero-order valence-electron chi connectivity index (χ0n) is 14.8. The van der Waals surface area contributed by atoms with Crippen LogP contribution >= 0.6 is 0 Å². The number of likely N-dealkylation sites (tertiary alicyclic amines) is 1. The summed E-state index contributed by atoms with van der Waals surface area (Å²) in [6.45, 7) is 3.58. The van der Waals surface area contributed by atoms with Crippen LogP contribution in [0.3, 0.4) is 0 Å². The lowest BCUT2D eigenvalue weighted by Gasteiger charge is -2.23. The third-order valence-corrected chi connectivity index (χ3v) is 6.16. The Morgan fingerprint density at radius 2 is 1.88 bits per heavy atom. The topological polar surface area (TPSA) is 54.3 Å². The fourth-order valence-electron chi connectivity index (χ4n) is 4.67. The van der Waals surface area contributed by atoms with Crippen LogP contribution in [0.5, 0.6) is 0 Å². The fourth-order valence-corrected chi connectivity index (χ4v) is 4.67. The van der Waals surface area contributed by atoms with Crippen molar-refractivity contribution in [2.75, 3.05) is 26.7 Å². The summed E-state index contributed by atoms with van der Waals surface area (Å²) in [6, 6.07) is 0.395. The van der Waals surface area contributed by atoms with Crippen molar-refractivity contribution in [2.24, 2.45) is 5.92 Å². The molecule has 1 atom stereocenters. The Balaban J connectivity index is 1.42. The van der Waals surface area contributed by atoms with Gasteiger partial charge >= 0.3 is 0 Å². The highest BCUT2D eigenvalue weighted by Crippen LogP contribution is 2.31. The lowest BCUT2D eigenvalue weighted by molar-refractivity contribution is -0.132. The summed E-state index contributed by atoms with van der Waals surface area (Å²) in [5.41, 5.74) is 0. The van der Waals surface area contributed by atoms with Crippen molar-refractivity contribution >= 4 is 5.91 Å². The average molecular weight is 331 g/mol. The SMILES string of the molecule is CN1CCC[C@@H]1c1nnc2n1CCN(C(=O)CC1CCCC1)CC2. The van der Waals surface area contributed by atoms with E-state index in [-0.39, 0.29) is 0 Å². The zero-order chi connectivity index (χ0) is 16.5. The molecule has 0 N–H and O–H groups in total. The highest BCUT2D eigenvalue weighted by Gasteiger charge is 2.30. The van der Waals surface area contributed by atoms with Gasteiger partial charge in [0, 0.05) is 32.5 Å². The molecule has 0 unspecified atom stereocenters.